The molecular formula is C12H14ClN3O. The molecule has 0 saturated heterocycles. The van der Waals surface area contributed by atoms with Gasteiger partial charge in [0.25, 0.3) is 0 Å². The molecule has 0 atom stereocenters. The largest absolute Gasteiger partial charge is 0.358 e. The highest BCUT2D eigenvalue weighted by molar-refractivity contribution is 6.31. The van der Waals surface area contributed by atoms with Crippen molar-refractivity contribution in [3.63, 3.8) is 0 Å². The maximum atomic E-state index is 11.2. The zero-order chi connectivity index (χ0) is 12.8. The summed E-state index contributed by atoms with van der Waals surface area (Å²) in [6.07, 6.45) is 0. The summed E-state index contributed by atoms with van der Waals surface area (Å²) in [4.78, 5) is 13.0. The van der Waals surface area contributed by atoms with Gasteiger partial charge >= 0.3 is 0 Å². The van der Waals surface area contributed by atoms with Gasteiger partial charge in [-0.25, -0.2) is 0 Å². The minimum absolute atomic E-state index is 0.0442. The van der Waals surface area contributed by atoms with Gasteiger partial charge in [-0.05, 0) is 24.7 Å². The van der Waals surface area contributed by atoms with Gasteiger partial charge in [-0.2, -0.15) is 5.26 Å². The number of carbonyl (C=O) groups excluding carboxylic acids is 1. The van der Waals surface area contributed by atoms with Crippen LogP contribution in [0.15, 0.2) is 18.2 Å². The fourth-order valence-electron chi connectivity index (χ4n) is 1.42. The summed E-state index contributed by atoms with van der Waals surface area (Å²) in [5.74, 6) is -0.0442. The lowest BCUT2D eigenvalue weighted by Crippen LogP contribution is -2.32. The van der Waals surface area contributed by atoms with Crippen molar-refractivity contribution >= 4 is 17.5 Å². The van der Waals surface area contributed by atoms with Crippen LogP contribution in [0, 0.1) is 11.3 Å². The topological polar surface area (TPSA) is 56.1 Å². The Morgan fingerprint density at radius 2 is 2.29 bits per heavy atom. The quantitative estimate of drug-likeness (QED) is 0.880. The first-order valence-electron chi connectivity index (χ1n) is 5.14. The second-order valence-corrected chi connectivity index (χ2v) is 4.17. The molecule has 0 aliphatic heterocycles. The molecule has 17 heavy (non-hydrogen) atoms. The summed E-state index contributed by atoms with van der Waals surface area (Å²) >= 11 is 6.04. The van der Waals surface area contributed by atoms with Crippen molar-refractivity contribution in [2.24, 2.45) is 0 Å². The predicted octanol–water partition coefficient (Wildman–Crippen LogP) is 1.39. The second-order valence-electron chi connectivity index (χ2n) is 3.76. The average molecular weight is 252 g/mol. The number of nitriles is 1. The Morgan fingerprint density at radius 1 is 1.59 bits per heavy atom. The van der Waals surface area contributed by atoms with Crippen molar-refractivity contribution in [3.05, 3.63) is 34.3 Å². The van der Waals surface area contributed by atoms with Crippen LogP contribution in [0.25, 0.3) is 0 Å². The van der Waals surface area contributed by atoms with Gasteiger partial charge in [0.1, 0.15) is 0 Å². The molecule has 4 nitrogen and oxygen atoms in total. The third-order valence-electron chi connectivity index (χ3n) is 2.31. The number of nitrogens with zero attached hydrogens (tertiary/aromatic N) is 2. The van der Waals surface area contributed by atoms with Crippen molar-refractivity contribution < 1.29 is 4.79 Å². The van der Waals surface area contributed by atoms with Gasteiger partial charge in [0.05, 0.1) is 18.2 Å². The summed E-state index contributed by atoms with van der Waals surface area (Å²) in [6, 6.07) is 7.18. The first-order chi connectivity index (χ1) is 8.06. The maximum Gasteiger partial charge on any atom is 0.233 e. The van der Waals surface area contributed by atoms with Crippen LogP contribution < -0.4 is 5.32 Å². The Morgan fingerprint density at radius 3 is 2.82 bits per heavy atom. The molecule has 90 valence electrons. The Balaban J connectivity index is 2.69. The Hall–Kier alpha value is -1.57. The number of hydrogen-bond acceptors (Lipinski definition) is 3. The van der Waals surface area contributed by atoms with Crippen molar-refractivity contribution in [1.29, 1.82) is 5.26 Å². The minimum Gasteiger partial charge on any atom is -0.358 e. The molecule has 0 bridgehead atoms. The van der Waals surface area contributed by atoms with E-state index < -0.39 is 0 Å². The van der Waals surface area contributed by atoms with Gasteiger partial charge in [0.2, 0.25) is 5.91 Å². The van der Waals surface area contributed by atoms with Gasteiger partial charge in [-0.15, -0.1) is 0 Å². The molecule has 1 aromatic carbocycles. The van der Waals surface area contributed by atoms with Crippen LogP contribution in [0.3, 0.4) is 0 Å². The third-order valence-corrected chi connectivity index (χ3v) is 2.67. The molecule has 5 heteroatoms. The van der Waals surface area contributed by atoms with E-state index in [0.717, 1.165) is 5.56 Å². The van der Waals surface area contributed by atoms with E-state index in [1.54, 1.807) is 25.2 Å². The number of hydrogen-bond donors (Lipinski definition) is 1. The second kappa shape index (κ2) is 6.24. The monoisotopic (exact) mass is 251 g/mol. The zero-order valence-electron chi connectivity index (χ0n) is 9.83. The van der Waals surface area contributed by atoms with E-state index in [1.807, 2.05) is 18.0 Å². The summed E-state index contributed by atoms with van der Waals surface area (Å²) in [5, 5.41) is 11.8. The first kappa shape index (κ1) is 13.5. The predicted molar refractivity (Wildman–Crippen MR) is 66.6 cm³/mol. The van der Waals surface area contributed by atoms with Gasteiger partial charge in [0, 0.05) is 18.6 Å². The molecule has 1 aromatic rings. The number of halogens is 1. The first-order valence-corrected chi connectivity index (χ1v) is 5.52. The highest BCUT2D eigenvalue weighted by atomic mass is 35.5. The van der Waals surface area contributed by atoms with Crippen LogP contribution in [0.4, 0.5) is 0 Å². The van der Waals surface area contributed by atoms with Crippen molar-refractivity contribution in [1.82, 2.24) is 10.2 Å². The van der Waals surface area contributed by atoms with Crippen molar-refractivity contribution in [3.8, 4) is 6.07 Å². The number of amides is 1. The van der Waals surface area contributed by atoms with E-state index in [9.17, 15) is 4.79 Å². The van der Waals surface area contributed by atoms with Crippen LogP contribution in [-0.2, 0) is 11.3 Å². The number of rotatable bonds is 4. The molecular weight excluding hydrogens is 238 g/mol. The lowest BCUT2D eigenvalue weighted by atomic mass is 10.1. The van der Waals surface area contributed by atoms with E-state index in [0.29, 0.717) is 23.7 Å². The van der Waals surface area contributed by atoms with Crippen LogP contribution in [-0.4, -0.2) is 31.4 Å². The molecule has 0 unspecified atom stereocenters. The van der Waals surface area contributed by atoms with Gasteiger partial charge < -0.3 is 5.32 Å². The van der Waals surface area contributed by atoms with Crippen LogP contribution >= 0.6 is 11.6 Å². The number of likely N-dealkylation sites (N-methyl/N-ethyl adjacent to an activating group) is 2. The SMILES string of the molecule is CNC(=O)CN(C)Cc1ccc(C#N)cc1Cl. The Kier molecular flexibility index (Phi) is 4.95. The Bertz CT molecular complexity index is 454. The lowest BCUT2D eigenvalue weighted by molar-refractivity contribution is -0.121. The third kappa shape index (κ3) is 4.06. The maximum absolute atomic E-state index is 11.2. The number of carbonyl (C=O) groups is 1. The molecule has 0 heterocycles. The standard InChI is InChI=1S/C12H14ClN3O/c1-15-12(17)8-16(2)7-10-4-3-9(6-14)5-11(10)13/h3-5H,7-8H2,1-2H3,(H,15,17). The molecule has 0 radical (unpaired) electrons. The lowest BCUT2D eigenvalue weighted by Gasteiger charge is -2.16. The summed E-state index contributed by atoms with van der Waals surface area (Å²) in [6.45, 7) is 0.880. The van der Waals surface area contributed by atoms with Gasteiger partial charge in [-0.3, -0.25) is 9.69 Å². The van der Waals surface area contributed by atoms with Crippen LogP contribution in [0.1, 0.15) is 11.1 Å². The summed E-state index contributed by atoms with van der Waals surface area (Å²) in [5.41, 5.74) is 1.43. The minimum atomic E-state index is -0.0442. The summed E-state index contributed by atoms with van der Waals surface area (Å²) < 4.78 is 0. The fraction of sp³-hybridized carbons (Fsp3) is 0.333. The van der Waals surface area contributed by atoms with Crippen LogP contribution in [0.5, 0.6) is 0 Å². The van der Waals surface area contributed by atoms with Crippen molar-refractivity contribution in [2.45, 2.75) is 6.54 Å². The van der Waals surface area contributed by atoms with Crippen LogP contribution in [0.2, 0.25) is 5.02 Å². The Labute approximate surface area is 106 Å². The van der Waals surface area contributed by atoms with Gasteiger partial charge in [0.15, 0.2) is 0 Å². The van der Waals surface area contributed by atoms with E-state index in [1.165, 1.54) is 0 Å². The molecule has 0 fully saturated rings. The highest BCUT2D eigenvalue weighted by Gasteiger charge is 2.08. The van der Waals surface area contributed by atoms with Crippen molar-refractivity contribution in [2.75, 3.05) is 20.6 Å². The molecule has 0 aliphatic carbocycles. The highest BCUT2D eigenvalue weighted by Crippen LogP contribution is 2.18. The van der Waals surface area contributed by atoms with E-state index in [4.69, 9.17) is 16.9 Å². The van der Waals surface area contributed by atoms with E-state index in [2.05, 4.69) is 5.32 Å². The number of benzene rings is 1. The zero-order valence-corrected chi connectivity index (χ0v) is 10.6. The molecule has 0 aromatic heterocycles. The normalized spacial score (nSPS) is 10.1. The molecule has 0 saturated carbocycles. The fourth-order valence-corrected chi connectivity index (χ4v) is 1.66. The molecule has 0 spiro atoms. The smallest absolute Gasteiger partial charge is 0.233 e. The molecule has 1 amide bonds. The summed E-state index contributed by atoms with van der Waals surface area (Å²) in [7, 11) is 3.44. The number of nitrogens with one attached hydrogen (secondary N) is 1. The van der Waals surface area contributed by atoms with E-state index in [-0.39, 0.29) is 5.91 Å². The average Bonchev–Trinajstić information content (AvgIpc) is 2.31. The van der Waals surface area contributed by atoms with Gasteiger partial charge in [-0.1, -0.05) is 17.7 Å². The van der Waals surface area contributed by atoms with E-state index >= 15 is 0 Å². The molecule has 0 aliphatic rings. The molecule has 1 rings (SSSR count). The molecule has 1 N–H and O–H groups in total.